The van der Waals surface area contributed by atoms with Crippen LogP contribution < -0.4 is 10.1 Å². The maximum absolute atomic E-state index is 13.6. The Balaban J connectivity index is 1.68. The van der Waals surface area contributed by atoms with Gasteiger partial charge in [0.05, 0.1) is 24.4 Å². The molecule has 1 heterocycles. The van der Waals surface area contributed by atoms with Gasteiger partial charge in [-0.1, -0.05) is 35.9 Å². The van der Waals surface area contributed by atoms with Gasteiger partial charge in [0.25, 0.3) is 0 Å². The first-order valence-corrected chi connectivity index (χ1v) is 12.7. The molecule has 0 saturated carbocycles. The van der Waals surface area contributed by atoms with Gasteiger partial charge >= 0.3 is 18.5 Å². The van der Waals surface area contributed by atoms with Crippen LogP contribution in [-0.4, -0.2) is 48.7 Å². The number of hydrogen-bond acceptors (Lipinski definition) is 6. The van der Waals surface area contributed by atoms with E-state index in [0.29, 0.717) is 10.6 Å². The Morgan fingerprint density at radius 2 is 1.57 bits per heavy atom. The van der Waals surface area contributed by atoms with Crippen LogP contribution in [0, 0.1) is 0 Å². The van der Waals surface area contributed by atoms with Crippen molar-refractivity contribution in [3.05, 3.63) is 94.5 Å². The molecule has 0 radical (unpaired) electrons. The SMILES string of the molecule is CCOC(=O)C1(c2ccc(OC(F)(F)F)cc2)CN(CC(=O)Nc2ccc(C(F)(F)F)cc2)N=C1c1ccc(Cl)cc1. The van der Waals surface area contributed by atoms with Gasteiger partial charge in [-0.3, -0.25) is 14.6 Å². The summed E-state index contributed by atoms with van der Waals surface area (Å²) in [5, 5.41) is 8.66. The number of carbonyl (C=O) groups is 2. The molecular formula is C28H22ClF6N3O4. The summed E-state index contributed by atoms with van der Waals surface area (Å²) in [4.78, 5) is 26.5. The number of halogens is 7. The molecule has 0 aromatic heterocycles. The average Bonchev–Trinajstić information content (AvgIpc) is 3.28. The molecule has 0 spiro atoms. The van der Waals surface area contributed by atoms with E-state index in [-0.39, 0.29) is 30.1 Å². The van der Waals surface area contributed by atoms with Crippen molar-refractivity contribution >= 4 is 34.9 Å². The topological polar surface area (TPSA) is 80.2 Å². The van der Waals surface area contributed by atoms with Gasteiger partial charge in [0.1, 0.15) is 12.3 Å². The zero-order valence-electron chi connectivity index (χ0n) is 21.7. The van der Waals surface area contributed by atoms with Crippen LogP contribution >= 0.6 is 11.6 Å². The van der Waals surface area contributed by atoms with Gasteiger partial charge in [0.15, 0.2) is 5.41 Å². The Morgan fingerprint density at radius 1 is 0.952 bits per heavy atom. The zero-order valence-corrected chi connectivity index (χ0v) is 22.5. The lowest BCUT2D eigenvalue weighted by atomic mass is 9.74. The quantitative estimate of drug-likeness (QED) is 0.234. The number of anilines is 1. The van der Waals surface area contributed by atoms with Crippen molar-refractivity contribution < 1.29 is 45.4 Å². The Labute approximate surface area is 240 Å². The van der Waals surface area contributed by atoms with E-state index in [1.54, 1.807) is 31.2 Å². The predicted octanol–water partition coefficient (Wildman–Crippen LogP) is 6.42. The fourth-order valence-corrected chi connectivity index (χ4v) is 4.55. The Morgan fingerprint density at radius 3 is 2.12 bits per heavy atom. The molecule has 7 nitrogen and oxygen atoms in total. The Hall–Kier alpha value is -4.26. The number of nitrogens with zero attached hydrogens (tertiary/aromatic N) is 2. The summed E-state index contributed by atoms with van der Waals surface area (Å²) >= 11 is 6.04. The smallest absolute Gasteiger partial charge is 0.465 e. The van der Waals surface area contributed by atoms with Crippen molar-refractivity contribution in [2.45, 2.75) is 24.9 Å². The van der Waals surface area contributed by atoms with E-state index in [9.17, 15) is 35.9 Å². The summed E-state index contributed by atoms with van der Waals surface area (Å²) in [5.41, 5.74) is -1.68. The highest BCUT2D eigenvalue weighted by molar-refractivity contribution is 6.31. The van der Waals surface area contributed by atoms with Crippen molar-refractivity contribution in [2.24, 2.45) is 5.10 Å². The summed E-state index contributed by atoms with van der Waals surface area (Å²) < 4.78 is 86.2. The van der Waals surface area contributed by atoms with E-state index >= 15 is 0 Å². The van der Waals surface area contributed by atoms with Crippen molar-refractivity contribution in [1.82, 2.24) is 5.01 Å². The van der Waals surface area contributed by atoms with Crippen LogP contribution in [0.3, 0.4) is 0 Å². The molecule has 0 saturated heterocycles. The molecule has 1 amide bonds. The molecule has 0 bridgehead atoms. The monoisotopic (exact) mass is 613 g/mol. The molecule has 222 valence electrons. The van der Waals surface area contributed by atoms with Crippen LogP contribution in [0.5, 0.6) is 5.75 Å². The van der Waals surface area contributed by atoms with Crippen LogP contribution in [0.1, 0.15) is 23.6 Å². The molecule has 1 atom stereocenters. The molecular weight excluding hydrogens is 592 g/mol. The van der Waals surface area contributed by atoms with Crippen LogP contribution in [0.2, 0.25) is 5.02 Å². The Kier molecular flexibility index (Phi) is 8.71. The van der Waals surface area contributed by atoms with E-state index < -0.39 is 47.7 Å². The van der Waals surface area contributed by atoms with Crippen LogP contribution in [0.25, 0.3) is 0 Å². The van der Waals surface area contributed by atoms with Gasteiger partial charge in [0, 0.05) is 10.7 Å². The summed E-state index contributed by atoms with van der Waals surface area (Å²) in [6, 6.07) is 14.7. The number of carbonyl (C=O) groups excluding carboxylic acids is 2. The fourth-order valence-electron chi connectivity index (χ4n) is 4.43. The van der Waals surface area contributed by atoms with Gasteiger partial charge in [-0.05, 0) is 66.6 Å². The number of hydrazone groups is 1. The molecule has 4 rings (SSSR count). The number of alkyl halides is 6. The van der Waals surface area contributed by atoms with Gasteiger partial charge in [-0.25, -0.2) is 0 Å². The highest BCUT2D eigenvalue weighted by Gasteiger charge is 2.52. The number of rotatable bonds is 8. The van der Waals surface area contributed by atoms with Gasteiger partial charge in [-0.2, -0.15) is 18.3 Å². The molecule has 14 heteroatoms. The van der Waals surface area contributed by atoms with Crippen molar-refractivity contribution in [3.8, 4) is 5.75 Å². The van der Waals surface area contributed by atoms with Crippen LogP contribution in [0.4, 0.5) is 32.0 Å². The minimum Gasteiger partial charge on any atom is -0.465 e. The lowest BCUT2D eigenvalue weighted by molar-refractivity contribution is -0.274. The summed E-state index contributed by atoms with van der Waals surface area (Å²) in [6.07, 6.45) is -9.47. The number of benzene rings is 3. The Bertz CT molecular complexity index is 1460. The minimum absolute atomic E-state index is 0.0296. The number of amides is 1. The lowest BCUT2D eigenvalue weighted by Crippen LogP contribution is -2.48. The van der Waals surface area contributed by atoms with Gasteiger partial charge in [0.2, 0.25) is 5.91 Å². The molecule has 0 fully saturated rings. The molecule has 3 aromatic rings. The van der Waals surface area contributed by atoms with E-state index in [1.165, 1.54) is 17.1 Å². The number of esters is 1. The third kappa shape index (κ3) is 6.96. The normalized spacial score (nSPS) is 17.0. The van der Waals surface area contributed by atoms with Crippen molar-refractivity contribution in [2.75, 3.05) is 25.0 Å². The summed E-state index contributed by atoms with van der Waals surface area (Å²) in [7, 11) is 0. The second kappa shape index (κ2) is 11.9. The third-order valence-electron chi connectivity index (χ3n) is 6.21. The molecule has 1 N–H and O–H groups in total. The number of hydrogen-bond donors (Lipinski definition) is 1. The first-order chi connectivity index (χ1) is 19.7. The second-order valence-corrected chi connectivity index (χ2v) is 9.54. The molecule has 0 aliphatic carbocycles. The van der Waals surface area contributed by atoms with Crippen LogP contribution in [0.15, 0.2) is 77.9 Å². The van der Waals surface area contributed by atoms with Crippen LogP contribution in [-0.2, 0) is 25.9 Å². The molecule has 1 aliphatic heterocycles. The third-order valence-corrected chi connectivity index (χ3v) is 6.46. The second-order valence-electron chi connectivity index (χ2n) is 9.10. The lowest BCUT2D eigenvalue weighted by Gasteiger charge is -2.29. The molecule has 42 heavy (non-hydrogen) atoms. The minimum atomic E-state index is -4.93. The number of nitrogens with one attached hydrogen (secondary N) is 1. The zero-order chi connectivity index (χ0) is 30.7. The molecule has 1 unspecified atom stereocenters. The highest BCUT2D eigenvalue weighted by Crippen LogP contribution is 2.38. The van der Waals surface area contributed by atoms with Crippen molar-refractivity contribution in [1.29, 1.82) is 0 Å². The first kappa shape index (κ1) is 30.7. The first-order valence-electron chi connectivity index (χ1n) is 12.3. The number of ether oxygens (including phenoxy) is 2. The maximum atomic E-state index is 13.6. The summed E-state index contributed by atoms with van der Waals surface area (Å²) in [5.74, 6) is -1.93. The van der Waals surface area contributed by atoms with E-state index in [0.717, 1.165) is 36.4 Å². The largest absolute Gasteiger partial charge is 0.573 e. The van der Waals surface area contributed by atoms with E-state index in [2.05, 4.69) is 15.2 Å². The average molecular weight is 614 g/mol. The predicted molar refractivity (Wildman–Crippen MR) is 141 cm³/mol. The maximum Gasteiger partial charge on any atom is 0.573 e. The van der Waals surface area contributed by atoms with E-state index in [4.69, 9.17) is 16.3 Å². The van der Waals surface area contributed by atoms with E-state index in [1.807, 2.05) is 0 Å². The molecule has 1 aliphatic rings. The molecule has 3 aromatic carbocycles. The van der Waals surface area contributed by atoms with Gasteiger partial charge < -0.3 is 14.8 Å². The fraction of sp³-hybridized carbons (Fsp3) is 0.250. The highest BCUT2D eigenvalue weighted by atomic mass is 35.5. The standard InChI is InChI=1S/C28H22ClF6N3O4/c1-2-41-25(40)26(18-7-13-22(14-8-18)42-28(33,34)35)16-38(37-24(26)17-3-9-20(29)10-4-17)15-23(39)36-21-11-5-19(6-12-21)27(30,31)32/h3-14H,2,15-16H2,1H3,(H,36,39). The summed E-state index contributed by atoms with van der Waals surface area (Å²) in [6.45, 7) is 0.881. The van der Waals surface area contributed by atoms with Crippen molar-refractivity contribution in [3.63, 3.8) is 0 Å². The van der Waals surface area contributed by atoms with Gasteiger partial charge in [-0.15, -0.1) is 13.2 Å².